The lowest BCUT2D eigenvalue weighted by atomic mass is 9.88. The van der Waals surface area contributed by atoms with Gasteiger partial charge in [-0.1, -0.05) is 29.8 Å². The first kappa shape index (κ1) is 14.8. The normalized spacial score (nSPS) is 17.4. The first-order valence-corrected chi connectivity index (χ1v) is 7.32. The van der Waals surface area contributed by atoms with Crippen LogP contribution in [0, 0.1) is 0 Å². The molecule has 1 fully saturated rings. The van der Waals surface area contributed by atoms with Gasteiger partial charge in [-0.2, -0.15) is 0 Å². The molecule has 3 nitrogen and oxygen atoms in total. The highest BCUT2D eigenvalue weighted by Gasteiger charge is 2.46. The van der Waals surface area contributed by atoms with E-state index in [1.165, 1.54) is 4.90 Å². The van der Waals surface area contributed by atoms with Crippen LogP contribution in [-0.2, 0) is 4.79 Å². The summed E-state index contributed by atoms with van der Waals surface area (Å²) in [5, 5.41) is 1.12. The first-order chi connectivity index (χ1) is 10.5. The number of Topliss-reactive ketones (excluding diaryl/α,β-unsaturated/α-hetero) is 1. The summed E-state index contributed by atoms with van der Waals surface area (Å²) >= 11 is 11.7. The summed E-state index contributed by atoms with van der Waals surface area (Å²) in [6.45, 7) is 3.72. The van der Waals surface area contributed by atoms with Gasteiger partial charge in [-0.15, -0.1) is 0 Å². The number of nitrogens with zero attached hydrogens (tertiary/aromatic N) is 1. The zero-order chi connectivity index (χ0) is 15.9. The third-order valence-electron chi connectivity index (χ3n) is 3.56. The third kappa shape index (κ3) is 2.43. The molecule has 0 aromatic heterocycles. The fraction of sp³-hybridized carbons (Fsp3) is 0.0588. The second kappa shape index (κ2) is 5.59. The van der Waals surface area contributed by atoms with E-state index in [-0.39, 0.29) is 17.3 Å². The van der Waals surface area contributed by atoms with E-state index in [4.69, 9.17) is 23.2 Å². The Balaban J connectivity index is 1.92. The van der Waals surface area contributed by atoms with Gasteiger partial charge in [0.25, 0.3) is 5.91 Å². The van der Waals surface area contributed by atoms with Crippen molar-refractivity contribution in [1.29, 1.82) is 0 Å². The molecule has 22 heavy (non-hydrogen) atoms. The molecule has 1 atom stereocenters. The van der Waals surface area contributed by atoms with E-state index in [0.717, 1.165) is 0 Å². The van der Waals surface area contributed by atoms with Crippen LogP contribution in [0.2, 0.25) is 10.0 Å². The van der Waals surface area contributed by atoms with Gasteiger partial charge >= 0.3 is 0 Å². The summed E-state index contributed by atoms with van der Waals surface area (Å²) < 4.78 is 0. The molecule has 0 spiro atoms. The Labute approximate surface area is 137 Å². The largest absolute Gasteiger partial charge is 0.293 e. The van der Waals surface area contributed by atoms with Gasteiger partial charge in [0, 0.05) is 26.9 Å². The summed E-state index contributed by atoms with van der Waals surface area (Å²) in [6, 6.07) is 12.6. The molecule has 1 unspecified atom stereocenters. The molecule has 3 rings (SSSR count). The number of benzene rings is 2. The van der Waals surface area contributed by atoms with Crippen LogP contribution in [-0.4, -0.2) is 17.7 Å². The molecule has 110 valence electrons. The van der Waals surface area contributed by atoms with Crippen molar-refractivity contribution in [3.8, 4) is 0 Å². The third-order valence-corrected chi connectivity index (χ3v) is 4.07. The molecule has 1 aliphatic heterocycles. The maximum absolute atomic E-state index is 12.6. The Morgan fingerprint density at radius 3 is 2.00 bits per heavy atom. The number of carbonyl (C=O) groups is 2. The van der Waals surface area contributed by atoms with Crippen molar-refractivity contribution in [2.75, 3.05) is 4.90 Å². The number of hydrogen-bond acceptors (Lipinski definition) is 2. The lowest BCUT2D eigenvalue weighted by Crippen LogP contribution is -2.59. The van der Waals surface area contributed by atoms with Crippen molar-refractivity contribution >= 4 is 40.6 Å². The predicted molar refractivity (Wildman–Crippen MR) is 87.6 cm³/mol. The molecule has 0 bridgehead atoms. The van der Waals surface area contributed by atoms with Crippen LogP contribution in [0.15, 0.2) is 60.7 Å². The molecular formula is C17H11Cl2NO2. The predicted octanol–water partition coefficient (Wildman–Crippen LogP) is 4.15. The van der Waals surface area contributed by atoms with Gasteiger partial charge in [-0.3, -0.25) is 14.5 Å². The molecule has 5 heteroatoms. The Kier molecular flexibility index (Phi) is 3.77. The van der Waals surface area contributed by atoms with Crippen molar-refractivity contribution < 1.29 is 9.59 Å². The van der Waals surface area contributed by atoms with Crippen LogP contribution in [0.1, 0.15) is 10.4 Å². The van der Waals surface area contributed by atoms with Gasteiger partial charge in [0.2, 0.25) is 0 Å². The fourth-order valence-electron chi connectivity index (χ4n) is 2.39. The molecule has 0 saturated carbocycles. The second-order valence-electron chi connectivity index (χ2n) is 4.95. The Morgan fingerprint density at radius 1 is 0.955 bits per heavy atom. The quantitative estimate of drug-likeness (QED) is 0.481. The van der Waals surface area contributed by atoms with Gasteiger partial charge in [0.15, 0.2) is 5.78 Å². The summed E-state index contributed by atoms with van der Waals surface area (Å²) in [5.41, 5.74) is 1.39. The number of ketones is 1. The molecule has 1 heterocycles. The average Bonchev–Trinajstić information content (AvgIpc) is 2.53. The summed E-state index contributed by atoms with van der Waals surface area (Å²) in [5.74, 6) is -0.439. The number of rotatable bonds is 3. The maximum Gasteiger partial charge on any atom is 0.257 e. The lowest BCUT2D eigenvalue weighted by molar-refractivity contribution is -0.118. The van der Waals surface area contributed by atoms with Crippen LogP contribution in [0.5, 0.6) is 0 Å². The van der Waals surface area contributed by atoms with E-state index < -0.39 is 6.04 Å². The van der Waals surface area contributed by atoms with Crippen molar-refractivity contribution in [1.82, 2.24) is 0 Å². The van der Waals surface area contributed by atoms with Crippen molar-refractivity contribution in [2.45, 2.75) is 6.04 Å². The van der Waals surface area contributed by atoms with Gasteiger partial charge in [0.1, 0.15) is 6.04 Å². The average molecular weight is 332 g/mol. The molecular weight excluding hydrogens is 321 g/mol. The van der Waals surface area contributed by atoms with E-state index in [1.54, 1.807) is 48.5 Å². The van der Waals surface area contributed by atoms with Crippen LogP contribution in [0.25, 0.3) is 0 Å². The van der Waals surface area contributed by atoms with Gasteiger partial charge in [-0.05, 0) is 48.5 Å². The number of β-lactam (4-membered cyclic amide) rings is 1. The number of hydrogen-bond donors (Lipinski definition) is 0. The summed E-state index contributed by atoms with van der Waals surface area (Å²) in [7, 11) is 0. The zero-order valence-corrected chi connectivity index (χ0v) is 12.9. The minimum atomic E-state index is -0.685. The highest BCUT2D eigenvalue weighted by molar-refractivity contribution is 6.31. The second-order valence-corrected chi connectivity index (χ2v) is 5.82. The van der Waals surface area contributed by atoms with E-state index in [0.29, 0.717) is 21.3 Å². The van der Waals surface area contributed by atoms with E-state index >= 15 is 0 Å². The highest BCUT2D eigenvalue weighted by atomic mass is 35.5. The van der Waals surface area contributed by atoms with Crippen LogP contribution >= 0.6 is 23.2 Å². The lowest BCUT2D eigenvalue weighted by Gasteiger charge is -2.41. The molecule has 1 amide bonds. The Hall–Kier alpha value is -2.10. The number of amides is 1. The molecule has 0 radical (unpaired) electrons. The molecule has 2 aromatic carbocycles. The molecule has 1 aliphatic rings. The van der Waals surface area contributed by atoms with Crippen molar-refractivity contribution in [3.63, 3.8) is 0 Å². The monoisotopic (exact) mass is 331 g/mol. The standard InChI is InChI=1S/C17H11Cl2NO2/c1-10-15(16(21)11-2-4-12(18)5-3-11)20(17(10)22)14-8-6-13(19)7-9-14/h2-9,15H,1H2. The van der Waals surface area contributed by atoms with Gasteiger partial charge in [-0.25, -0.2) is 0 Å². The SMILES string of the molecule is C=C1C(=O)N(c2ccc(Cl)cc2)C1C(=O)c1ccc(Cl)cc1. The van der Waals surface area contributed by atoms with E-state index in [1.807, 2.05) is 0 Å². The first-order valence-electron chi connectivity index (χ1n) is 6.57. The van der Waals surface area contributed by atoms with Gasteiger partial charge < -0.3 is 0 Å². The summed E-state index contributed by atoms with van der Waals surface area (Å²) in [6.07, 6.45) is 0. The molecule has 1 saturated heterocycles. The number of carbonyl (C=O) groups excluding carboxylic acids is 2. The fourth-order valence-corrected chi connectivity index (χ4v) is 2.65. The Bertz CT molecular complexity index is 766. The van der Waals surface area contributed by atoms with Crippen molar-refractivity contribution in [2.24, 2.45) is 0 Å². The van der Waals surface area contributed by atoms with Gasteiger partial charge in [0.05, 0.1) is 0 Å². The topological polar surface area (TPSA) is 37.4 Å². The zero-order valence-electron chi connectivity index (χ0n) is 11.4. The highest BCUT2D eigenvalue weighted by Crippen LogP contribution is 2.34. The minimum Gasteiger partial charge on any atom is -0.293 e. The summed E-state index contributed by atoms with van der Waals surface area (Å²) in [4.78, 5) is 26.1. The van der Waals surface area contributed by atoms with E-state index in [9.17, 15) is 9.59 Å². The van der Waals surface area contributed by atoms with Crippen LogP contribution in [0.4, 0.5) is 5.69 Å². The van der Waals surface area contributed by atoms with E-state index in [2.05, 4.69) is 6.58 Å². The van der Waals surface area contributed by atoms with Crippen LogP contribution in [0.3, 0.4) is 0 Å². The minimum absolute atomic E-state index is 0.184. The molecule has 0 aliphatic carbocycles. The smallest absolute Gasteiger partial charge is 0.257 e. The molecule has 0 N–H and O–H groups in total. The Morgan fingerprint density at radius 2 is 1.45 bits per heavy atom. The molecule has 2 aromatic rings. The van der Waals surface area contributed by atoms with Crippen LogP contribution < -0.4 is 4.90 Å². The maximum atomic E-state index is 12.6. The number of halogens is 2. The number of anilines is 1. The van der Waals surface area contributed by atoms with Crippen molar-refractivity contribution in [3.05, 3.63) is 76.3 Å².